The number of aromatic carboxylic acids is 1. The Labute approximate surface area is 184 Å². The highest BCUT2D eigenvalue weighted by Gasteiger charge is 2.15. The van der Waals surface area contributed by atoms with Crippen LogP contribution in [-0.4, -0.2) is 22.6 Å². The maximum atomic E-state index is 14.2. The van der Waals surface area contributed by atoms with Crippen LogP contribution in [0.1, 0.15) is 34.0 Å². The Morgan fingerprint density at radius 3 is 2.32 bits per heavy atom. The molecule has 3 aromatic carbocycles. The molecule has 0 saturated heterocycles. The number of carbonyl (C=O) groups is 1. The van der Waals surface area contributed by atoms with Crippen LogP contribution in [0.25, 0.3) is 10.2 Å². The second-order valence-electron chi connectivity index (χ2n) is 7.43. The molecule has 0 bridgehead atoms. The fourth-order valence-electron chi connectivity index (χ4n) is 3.46. The molecule has 1 heterocycles. The van der Waals surface area contributed by atoms with Crippen molar-refractivity contribution in [3.63, 3.8) is 0 Å². The van der Waals surface area contributed by atoms with Crippen molar-refractivity contribution >= 4 is 32.7 Å². The van der Waals surface area contributed by atoms with Gasteiger partial charge in [0.2, 0.25) is 0 Å². The molecule has 1 N–H and O–H groups in total. The third-order valence-electron chi connectivity index (χ3n) is 5.30. The molecule has 4 rings (SSSR count). The van der Waals surface area contributed by atoms with Crippen LogP contribution in [0, 0.1) is 5.82 Å². The average molecular weight is 435 g/mol. The molecule has 158 valence electrons. The normalized spacial score (nSPS) is 11.0. The molecular weight excluding hydrogens is 411 g/mol. The molecule has 0 saturated carbocycles. The van der Waals surface area contributed by atoms with Crippen molar-refractivity contribution in [1.29, 1.82) is 0 Å². The number of rotatable bonds is 8. The van der Waals surface area contributed by atoms with Crippen LogP contribution < -0.4 is 4.90 Å². The van der Waals surface area contributed by atoms with E-state index in [-0.39, 0.29) is 11.4 Å². The second-order valence-corrected chi connectivity index (χ2v) is 8.41. The summed E-state index contributed by atoms with van der Waals surface area (Å²) in [5, 5.41) is 9.89. The van der Waals surface area contributed by atoms with Crippen molar-refractivity contribution in [1.82, 2.24) is 4.98 Å². The van der Waals surface area contributed by atoms with Gasteiger partial charge in [0.05, 0.1) is 15.8 Å². The van der Waals surface area contributed by atoms with Gasteiger partial charge in [-0.15, -0.1) is 0 Å². The van der Waals surface area contributed by atoms with Crippen LogP contribution in [0.4, 0.5) is 9.52 Å². The van der Waals surface area contributed by atoms with Gasteiger partial charge in [-0.1, -0.05) is 60.7 Å². The average Bonchev–Trinajstić information content (AvgIpc) is 3.23. The van der Waals surface area contributed by atoms with Gasteiger partial charge < -0.3 is 10.0 Å². The van der Waals surface area contributed by atoms with Crippen molar-refractivity contribution in [2.24, 2.45) is 0 Å². The first-order chi connectivity index (χ1) is 15.0. The monoisotopic (exact) mass is 434 g/mol. The third kappa shape index (κ3) is 4.91. The van der Waals surface area contributed by atoms with Crippen molar-refractivity contribution < 1.29 is 14.3 Å². The molecule has 0 spiro atoms. The van der Waals surface area contributed by atoms with Crippen molar-refractivity contribution in [2.75, 3.05) is 11.4 Å². The highest BCUT2D eigenvalue weighted by molar-refractivity contribution is 7.22. The van der Waals surface area contributed by atoms with Crippen molar-refractivity contribution in [3.05, 3.63) is 94.8 Å². The molecular formula is C25H23FN2O2S. The number of thiazole rings is 1. The summed E-state index contributed by atoms with van der Waals surface area (Å²) < 4.78 is 14.8. The Morgan fingerprint density at radius 2 is 1.68 bits per heavy atom. The van der Waals surface area contributed by atoms with Gasteiger partial charge in [0, 0.05) is 13.1 Å². The Bertz CT molecular complexity index is 1190. The molecule has 0 atom stereocenters. The Hall–Kier alpha value is -3.25. The van der Waals surface area contributed by atoms with E-state index in [0.29, 0.717) is 23.3 Å². The molecule has 0 amide bonds. The standard InChI is InChI=1S/C25H23FN2O2S/c1-2-17-6-8-18(9-7-17)14-15-28(16-19-10-12-20(13-11-19)24(29)30)25-27-22-5-3-4-21(26)23(22)31-25/h3-13H,2,14-16H2,1H3,(H,29,30). The summed E-state index contributed by atoms with van der Waals surface area (Å²) in [6, 6.07) is 20.4. The minimum absolute atomic E-state index is 0.258. The lowest BCUT2D eigenvalue weighted by atomic mass is 10.1. The van der Waals surface area contributed by atoms with Crippen LogP contribution in [0.3, 0.4) is 0 Å². The largest absolute Gasteiger partial charge is 0.478 e. The van der Waals surface area contributed by atoms with Crippen LogP contribution in [0.2, 0.25) is 0 Å². The van der Waals surface area contributed by atoms with Crippen molar-refractivity contribution in [3.8, 4) is 0 Å². The molecule has 31 heavy (non-hydrogen) atoms. The van der Waals surface area contributed by atoms with Gasteiger partial charge in [0.25, 0.3) is 0 Å². The van der Waals surface area contributed by atoms with E-state index in [9.17, 15) is 9.18 Å². The molecule has 0 aliphatic carbocycles. The van der Waals surface area contributed by atoms with E-state index >= 15 is 0 Å². The lowest BCUT2D eigenvalue weighted by Crippen LogP contribution is -2.25. The number of hydrogen-bond donors (Lipinski definition) is 1. The van der Waals surface area contributed by atoms with E-state index in [1.165, 1.54) is 28.5 Å². The predicted molar refractivity (Wildman–Crippen MR) is 124 cm³/mol. The molecule has 1 aromatic heterocycles. The van der Waals surface area contributed by atoms with E-state index in [4.69, 9.17) is 5.11 Å². The minimum Gasteiger partial charge on any atom is -0.478 e. The smallest absolute Gasteiger partial charge is 0.335 e. The molecule has 4 aromatic rings. The molecule has 6 heteroatoms. The van der Waals surface area contributed by atoms with E-state index in [2.05, 4.69) is 41.1 Å². The molecule has 0 aliphatic rings. The van der Waals surface area contributed by atoms with Gasteiger partial charge >= 0.3 is 5.97 Å². The van der Waals surface area contributed by atoms with E-state index in [1.54, 1.807) is 18.2 Å². The Kier molecular flexibility index (Phi) is 6.28. The number of aryl methyl sites for hydroxylation is 1. The first-order valence-electron chi connectivity index (χ1n) is 10.2. The van der Waals surface area contributed by atoms with Crippen LogP contribution in [0.5, 0.6) is 0 Å². The molecule has 0 radical (unpaired) electrons. The molecule has 0 unspecified atom stereocenters. The maximum Gasteiger partial charge on any atom is 0.335 e. The summed E-state index contributed by atoms with van der Waals surface area (Å²) in [6.07, 6.45) is 1.84. The van der Waals surface area contributed by atoms with Gasteiger partial charge in [-0.2, -0.15) is 0 Å². The molecule has 0 aliphatic heterocycles. The number of halogens is 1. The summed E-state index contributed by atoms with van der Waals surface area (Å²) in [5.74, 6) is -1.21. The topological polar surface area (TPSA) is 53.4 Å². The Balaban J connectivity index is 1.60. The Morgan fingerprint density at radius 1 is 1.00 bits per heavy atom. The SMILES string of the molecule is CCc1ccc(CCN(Cc2ccc(C(=O)O)cc2)c2nc3cccc(F)c3s2)cc1. The van der Waals surface area contributed by atoms with Crippen LogP contribution in [-0.2, 0) is 19.4 Å². The number of anilines is 1. The summed E-state index contributed by atoms with van der Waals surface area (Å²) in [6.45, 7) is 3.42. The fourth-order valence-corrected chi connectivity index (χ4v) is 4.46. The van der Waals surface area contributed by atoms with Gasteiger partial charge in [0.1, 0.15) is 5.82 Å². The number of hydrogen-bond acceptors (Lipinski definition) is 4. The number of aromatic nitrogens is 1. The minimum atomic E-state index is -0.944. The summed E-state index contributed by atoms with van der Waals surface area (Å²) >= 11 is 1.35. The number of carboxylic acid groups (broad SMARTS) is 1. The van der Waals surface area contributed by atoms with Gasteiger partial charge in [-0.25, -0.2) is 14.2 Å². The first-order valence-corrected chi connectivity index (χ1v) is 11.0. The van der Waals surface area contributed by atoms with Gasteiger partial charge in [0.15, 0.2) is 5.13 Å². The third-order valence-corrected chi connectivity index (χ3v) is 6.44. The summed E-state index contributed by atoms with van der Waals surface area (Å²) in [7, 11) is 0. The highest BCUT2D eigenvalue weighted by Crippen LogP contribution is 2.31. The maximum absolute atomic E-state index is 14.2. The number of nitrogens with zero attached hydrogens (tertiary/aromatic N) is 2. The number of fused-ring (bicyclic) bond motifs is 1. The van der Waals surface area contributed by atoms with Crippen LogP contribution in [0.15, 0.2) is 66.7 Å². The predicted octanol–water partition coefficient (Wildman–Crippen LogP) is 5.95. The summed E-state index contributed by atoms with van der Waals surface area (Å²) in [4.78, 5) is 17.9. The zero-order chi connectivity index (χ0) is 21.8. The van der Waals surface area contributed by atoms with Gasteiger partial charge in [-0.05, 0) is 53.8 Å². The number of carboxylic acids is 1. The number of benzene rings is 3. The zero-order valence-corrected chi connectivity index (χ0v) is 18.0. The quantitative estimate of drug-likeness (QED) is 0.373. The molecule has 0 fully saturated rings. The van der Waals surface area contributed by atoms with E-state index in [1.807, 2.05) is 18.2 Å². The second kappa shape index (κ2) is 9.27. The van der Waals surface area contributed by atoms with Crippen molar-refractivity contribution in [2.45, 2.75) is 26.3 Å². The van der Waals surface area contributed by atoms with E-state index in [0.717, 1.165) is 23.5 Å². The lowest BCUT2D eigenvalue weighted by molar-refractivity contribution is 0.0697. The molecule has 4 nitrogen and oxygen atoms in total. The van der Waals surface area contributed by atoms with Crippen LogP contribution >= 0.6 is 11.3 Å². The van der Waals surface area contributed by atoms with E-state index < -0.39 is 5.97 Å². The highest BCUT2D eigenvalue weighted by atomic mass is 32.1. The lowest BCUT2D eigenvalue weighted by Gasteiger charge is -2.22. The fraction of sp³-hybridized carbons (Fsp3) is 0.200. The summed E-state index contributed by atoms with van der Waals surface area (Å²) in [5.41, 5.74) is 4.43. The van der Waals surface area contributed by atoms with Gasteiger partial charge in [-0.3, -0.25) is 0 Å². The zero-order valence-electron chi connectivity index (χ0n) is 17.2. The first kappa shape index (κ1) is 21.0.